The largest absolute Gasteiger partial charge is 0.448 e. The van der Waals surface area contributed by atoms with E-state index in [1.165, 1.54) is 33.8 Å². The van der Waals surface area contributed by atoms with E-state index in [4.69, 9.17) is 4.42 Å². The van der Waals surface area contributed by atoms with E-state index in [0.717, 1.165) is 14.9 Å². The number of rotatable bonds is 4. The summed E-state index contributed by atoms with van der Waals surface area (Å²) in [5.41, 5.74) is 1.01. The second kappa shape index (κ2) is 5.74. The van der Waals surface area contributed by atoms with Crippen molar-refractivity contribution in [2.24, 2.45) is 5.10 Å². The van der Waals surface area contributed by atoms with Gasteiger partial charge in [-0.15, -0.1) is 21.5 Å². The molecule has 0 unspecified atom stereocenters. The van der Waals surface area contributed by atoms with Crippen LogP contribution >= 0.6 is 23.1 Å². The number of para-hydroxylation sites is 1. The van der Waals surface area contributed by atoms with Crippen molar-refractivity contribution in [3.05, 3.63) is 54.8 Å². The maximum absolute atomic E-state index is 5.71. The highest BCUT2D eigenvalue weighted by Crippen LogP contribution is 2.34. The Morgan fingerprint density at radius 1 is 1.14 bits per heavy atom. The molecule has 3 heterocycles. The average Bonchev–Trinajstić information content (AvgIpc) is 3.26. The summed E-state index contributed by atoms with van der Waals surface area (Å²) in [7, 11) is 0. The lowest BCUT2D eigenvalue weighted by Gasteiger charge is -1.90. The minimum Gasteiger partial charge on any atom is -0.448 e. The first-order chi connectivity index (χ1) is 10.9. The summed E-state index contributed by atoms with van der Waals surface area (Å²) in [6.07, 6.45) is 4.64. The lowest BCUT2D eigenvalue weighted by Crippen LogP contribution is -1.84. The van der Waals surface area contributed by atoms with Gasteiger partial charge in [-0.05, 0) is 36.0 Å². The summed E-state index contributed by atoms with van der Waals surface area (Å²) in [5, 5.41) is 12.3. The average molecular weight is 327 g/mol. The normalized spacial score (nSPS) is 11.6. The van der Waals surface area contributed by atoms with Gasteiger partial charge in [-0.2, -0.15) is 5.10 Å². The van der Waals surface area contributed by atoms with Gasteiger partial charge in [-0.1, -0.05) is 12.1 Å². The van der Waals surface area contributed by atoms with Crippen LogP contribution in [0.15, 0.2) is 68.0 Å². The van der Waals surface area contributed by atoms with E-state index in [1.807, 2.05) is 30.3 Å². The second-order valence-corrected chi connectivity index (χ2v) is 6.58. The molecule has 0 bridgehead atoms. The Morgan fingerprint density at radius 2 is 2.00 bits per heavy atom. The third-order valence-electron chi connectivity index (χ3n) is 2.79. The number of nitrogens with zero attached hydrogens (tertiary/aromatic N) is 5. The van der Waals surface area contributed by atoms with E-state index in [0.29, 0.717) is 5.76 Å². The molecule has 3 aromatic heterocycles. The molecule has 0 N–H and O–H groups in total. The van der Waals surface area contributed by atoms with Gasteiger partial charge in [0, 0.05) is 0 Å². The van der Waals surface area contributed by atoms with Gasteiger partial charge in [0.1, 0.15) is 18.4 Å². The molecule has 0 saturated carbocycles. The van der Waals surface area contributed by atoms with Crippen molar-refractivity contribution in [3.8, 4) is 0 Å². The van der Waals surface area contributed by atoms with Crippen LogP contribution in [0.4, 0.5) is 0 Å². The first kappa shape index (κ1) is 13.2. The number of furan rings is 1. The van der Waals surface area contributed by atoms with Crippen LogP contribution in [0.3, 0.4) is 0 Å². The summed E-state index contributed by atoms with van der Waals surface area (Å²) < 4.78 is 9.34. The van der Waals surface area contributed by atoms with Crippen molar-refractivity contribution in [1.82, 2.24) is 19.9 Å². The van der Waals surface area contributed by atoms with Crippen molar-refractivity contribution >= 4 is 39.5 Å². The lowest BCUT2D eigenvalue weighted by molar-refractivity contribution is 0.468. The Bertz CT molecular complexity index is 893. The molecule has 22 heavy (non-hydrogen) atoms. The van der Waals surface area contributed by atoms with Gasteiger partial charge in [0.15, 0.2) is 9.43 Å². The van der Waals surface area contributed by atoms with Gasteiger partial charge in [-0.3, -0.25) is 0 Å². The van der Waals surface area contributed by atoms with E-state index in [9.17, 15) is 0 Å². The highest BCUT2D eigenvalue weighted by atomic mass is 32.2. The van der Waals surface area contributed by atoms with Crippen LogP contribution in [0.25, 0.3) is 10.2 Å². The summed E-state index contributed by atoms with van der Waals surface area (Å²) in [4.78, 5) is 4.57. The Kier molecular flexibility index (Phi) is 3.45. The van der Waals surface area contributed by atoms with Crippen LogP contribution in [0, 0.1) is 0 Å². The molecule has 8 heteroatoms. The highest BCUT2D eigenvalue weighted by Gasteiger charge is 2.08. The molecule has 108 valence electrons. The second-order valence-electron chi connectivity index (χ2n) is 4.29. The molecule has 0 fully saturated rings. The smallest absolute Gasteiger partial charge is 0.168 e. The molecule has 0 saturated heterocycles. The van der Waals surface area contributed by atoms with E-state index in [1.54, 1.807) is 17.6 Å². The van der Waals surface area contributed by atoms with Gasteiger partial charge in [0.25, 0.3) is 0 Å². The maximum Gasteiger partial charge on any atom is 0.168 e. The molecule has 4 rings (SSSR count). The number of hydrogen-bond donors (Lipinski definition) is 0. The quantitative estimate of drug-likeness (QED) is 0.536. The Balaban J connectivity index is 1.51. The minimum atomic E-state index is 0.664. The third-order valence-corrected chi connectivity index (χ3v) is 4.81. The minimum absolute atomic E-state index is 0.664. The summed E-state index contributed by atoms with van der Waals surface area (Å²) in [5.74, 6) is 0.664. The molecule has 0 aliphatic rings. The summed E-state index contributed by atoms with van der Waals surface area (Å²) in [6, 6.07) is 11.9. The number of hydrogen-bond acceptors (Lipinski definition) is 7. The zero-order valence-electron chi connectivity index (χ0n) is 11.2. The van der Waals surface area contributed by atoms with Crippen molar-refractivity contribution in [2.45, 2.75) is 9.43 Å². The monoisotopic (exact) mass is 327 g/mol. The Labute approximate surface area is 133 Å². The fourth-order valence-corrected chi connectivity index (χ4v) is 3.79. The SMILES string of the molecule is C(=N\n1cnnc1)/c1ccc(Sc2nc3ccccc3s2)o1. The fraction of sp³-hybridized carbons (Fsp3) is 0. The predicted octanol–water partition coefficient (Wildman–Crippen LogP) is 3.51. The van der Waals surface area contributed by atoms with Gasteiger partial charge in [0.2, 0.25) is 0 Å². The van der Waals surface area contributed by atoms with Gasteiger partial charge in [-0.25, -0.2) is 9.66 Å². The Hall–Kier alpha value is -2.45. The van der Waals surface area contributed by atoms with Crippen LogP contribution in [0.5, 0.6) is 0 Å². The zero-order valence-corrected chi connectivity index (χ0v) is 12.8. The lowest BCUT2D eigenvalue weighted by atomic mass is 10.3. The molecule has 0 aliphatic heterocycles. The standard InChI is InChI=1S/C14H9N5OS2/c1-2-4-12-11(3-1)18-14(21-12)22-13-6-5-10(20-13)7-17-19-8-15-16-9-19/h1-9H/b17-7+. The topological polar surface area (TPSA) is 69.1 Å². The maximum atomic E-state index is 5.71. The molecule has 0 aliphatic carbocycles. The molecule has 4 aromatic rings. The van der Waals surface area contributed by atoms with Gasteiger partial charge in [0.05, 0.1) is 16.4 Å². The van der Waals surface area contributed by atoms with Crippen LogP contribution < -0.4 is 0 Å². The van der Waals surface area contributed by atoms with Crippen LogP contribution in [-0.4, -0.2) is 26.1 Å². The van der Waals surface area contributed by atoms with Crippen molar-refractivity contribution in [1.29, 1.82) is 0 Å². The first-order valence-corrected chi connectivity index (χ1v) is 8.02. The van der Waals surface area contributed by atoms with Crippen molar-refractivity contribution in [3.63, 3.8) is 0 Å². The summed E-state index contributed by atoms with van der Waals surface area (Å²) in [6.45, 7) is 0. The van der Waals surface area contributed by atoms with Gasteiger partial charge < -0.3 is 4.42 Å². The van der Waals surface area contributed by atoms with Crippen LogP contribution in [0.2, 0.25) is 0 Å². The third kappa shape index (κ3) is 2.78. The van der Waals surface area contributed by atoms with E-state index in [2.05, 4.69) is 26.3 Å². The first-order valence-electron chi connectivity index (χ1n) is 6.39. The van der Waals surface area contributed by atoms with Crippen molar-refractivity contribution in [2.75, 3.05) is 0 Å². The molecule has 0 amide bonds. The molecule has 0 radical (unpaired) electrons. The highest BCUT2D eigenvalue weighted by molar-refractivity contribution is 8.01. The van der Waals surface area contributed by atoms with Crippen LogP contribution in [0.1, 0.15) is 5.76 Å². The zero-order chi connectivity index (χ0) is 14.8. The Morgan fingerprint density at radius 3 is 2.86 bits per heavy atom. The molecule has 0 spiro atoms. The molecular weight excluding hydrogens is 318 g/mol. The molecule has 1 aromatic carbocycles. The predicted molar refractivity (Wildman–Crippen MR) is 85.5 cm³/mol. The van der Waals surface area contributed by atoms with E-state index in [-0.39, 0.29) is 0 Å². The van der Waals surface area contributed by atoms with Gasteiger partial charge >= 0.3 is 0 Å². The number of benzene rings is 1. The fourth-order valence-electron chi connectivity index (χ4n) is 1.82. The van der Waals surface area contributed by atoms with E-state index < -0.39 is 0 Å². The molecule has 0 atom stereocenters. The number of fused-ring (bicyclic) bond motifs is 1. The number of aromatic nitrogens is 4. The van der Waals surface area contributed by atoms with E-state index >= 15 is 0 Å². The number of thiazole rings is 1. The molecular formula is C14H9N5OS2. The molecule has 6 nitrogen and oxygen atoms in total. The van der Waals surface area contributed by atoms with Crippen LogP contribution in [-0.2, 0) is 0 Å². The summed E-state index contributed by atoms with van der Waals surface area (Å²) >= 11 is 3.16. The van der Waals surface area contributed by atoms with Crippen molar-refractivity contribution < 1.29 is 4.42 Å².